The second kappa shape index (κ2) is 8.34. The van der Waals surface area contributed by atoms with Gasteiger partial charge in [0.15, 0.2) is 11.5 Å². The van der Waals surface area contributed by atoms with Gasteiger partial charge in [-0.2, -0.15) is 4.98 Å². The Labute approximate surface area is 186 Å². The van der Waals surface area contributed by atoms with Crippen molar-refractivity contribution in [3.63, 3.8) is 0 Å². The van der Waals surface area contributed by atoms with Crippen molar-refractivity contribution in [3.05, 3.63) is 57.1 Å². The molecule has 0 spiro atoms. The van der Waals surface area contributed by atoms with Crippen LogP contribution in [-0.4, -0.2) is 40.7 Å². The number of methoxy groups -OCH3 is 2. The maximum atomic E-state index is 12.9. The largest absolute Gasteiger partial charge is 0.497 e. The molecular weight excluding hydrogens is 432 g/mol. The third kappa shape index (κ3) is 3.88. The minimum absolute atomic E-state index is 0.0821. The molecule has 0 amide bonds. The first-order chi connectivity index (χ1) is 16.1. The van der Waals surface area contributed by atoms with E-state index in [1.54, 1.807) is 44.6 Å². The summed E-state index contributed by atoms with van der Waals surface area (Å²) < 4.78 is 27.7. The number of nitrogens with zero attached hydrogens (tertiary/aromatic N) is 3. The Bertz CT molecular complexity index is 1430. The minimum atomic E-state index is -0.499. The quantitative estimate of drug-likeness (QED) is 0.448. The Morgan fingerprint density at radius 2 is 1.76 bits per heavy atom. The summed E-state index contributed by atoms with van der Waals surface area (Å²) >= 11 is 0. The number of hydrogen-bond donors (Lipinski definition) is 1. The predicted octanol–water partition coefficient (Wildman–Crippen LogP) is 2.12. The van der Waals surface area contributed by atoms with Crippen molar-refractivity contribution in [1.82, 2.24) is 19.7 Å². The van der Waals surface area contributed by atoms with E-state index in [9.17, 15) is 9.59 Å². The van der Waals surface area contributed by atoms with Crippen LogP contribution < -0.4 is 30.2 Å². The van der Waals surface area contributed by atoms with Gasteiger partial charge in [0, 0.05) is 30.7 Å². The maximum absolute atomic E-state index is 12.9. The SMILES string of the molecule is COc1cc(OC)cc(-c2noc(CCCn3c(=O)[nH]c4cc5c(cc4c3=O)OCO5)n2)c1. The molecule has 170 valence electrons. The Morgan fingerprint density at radius 3 is 2.48 bits per heavy atom. The van der Waals surface area contributed by atoms with Gasteiger partial charge in [-0.05, 0) is 24.6 Å². The molecule has 5 rings (SSSR count). The summed E-state index contributed by atoms with van der Waals surface area (Å²) in [6.45, 7) is 0.266. The molecule has 33 heavy (non-hydrogen) atoms. The van der Waals surface area contributed by atoms with Crippen molar-refractivity contribution >= 4 is 10.9 Å². The van der Waals surface area contributed by atoms with E-state index < -0.39 is 11.2 Å². The molecule has 1 aliphatic heterocycles. The summed E-state index contributed by atoms with van der Waals surface area (Å²) in [7, 11) is 3.12. The Hall–Kier alpha value is -4.28. The van der Waals surface area contributed by atoms with Gasteiger partial charge in [-0.15, -0.1) is 0 Å². The van der Waals surface area contributed by atoms with E-state index in [0.717, 1.165) is 4.57 Å². The standard InChI is InChI=1S/C22H20N4O7/c1-29-13-6-12(7-14(8-13)30-2)20-24-19(33-25-20)4-3-5-26-21(27)15-9-17-18(32-11-31-17)10-16(15)23-22(26)28/h6-10H,3-5,11H2,1-2H3,(H,23,28). The first-order valence-electron chi connectivity index (χ1n) is 10.2. The summed E-state index contributed by atoms with van der Waals surface area (Å²) in [5, 5.41) is 4.37. The molecule has 0 saturated heterocycles. The molecule has 0 unspecified atom stereocenters. The normalized spacial score (nSPS) is 12.3. The molecule has 4 aromatic rings. The van der Waals surface area contributed by atoms with Gasteiger partial charge >= 0.3 is 5.69 Å². The number of nitrogens with one attached hydrogen (secondary N) is 1. The number of H-pyrrole nitrogens is 1. The van der Waals surface area contributed by atoms with Crippen molar-refractivity contribution in [1.29, 1.82) is 0 Å². The average Bonchev–Trinajstić information content (AvgIpc) is 3.49. The number of fused-ring (bicyclic) bond motifs is 2. The lowest BCUT2D eigenvalue weighted by Crippen LogP contribution is -2.35. The summed E-state index contributed by atoms with van der Waals surface area (Å²) in [6.07, 6.45) is 0.835. The van der Waals surface area contributed by atoms with Crippen LogP contribution in [-0.2, 0) is 13.0 Å². The molecule has 11 heteroatoms. The molecule has 1 N–H and O–H groups in total. The van der Waals surface area contributed by atoms with E-state index in [1.165, 1.54) is 0 Å². The fourth-order valence-electron chi connectivity index (χ4n) is 3.64. The molecule has 0 bridgehead atoms. The fraction of sp³-hybridized carbons (Fsp3) is 0.273. The van der Waals surface area contributed by atoms with Gasteiger partial charge in [0.25, 0.3) is 5.56 Å². The fourth-order valence-corrected chi connectivity index (χ4v) is 3.64. The summed E-state index contributed by atoms with van der Waals surface area (Å²) in [6, 6.07) is 8.47. The van der Waals surface area contributed by atoms with Gasteiger partial charge in [0.1, 0.15) is 11.5 Å². The molecular formula is C22H20N4O7. The highest BCUT2D eigenvalue weighted by Crippen LogP contribution is 2.34. The molecule has 0 saturated carbocycles. The highest BCUT2D eigenvalue weighted by atomic mass is 16.7. The van der Waals surface area contributed by atoms with E-state index in [0.29, 0.717) is 64.0 Å². The molecule has 2 aromatic carbocycles. The first kappa shape index (κ1) is 20.6. The van der Waals surface area contributed by atoms with Crippen molar-refractivity contribution in [3.8, 4) is 34.4 Å². The van der Waals surface area contributed by atoms with Gasteiger partial charge in [-0.1, -0.05) is 5.16 Å². The zero-order valence-corrected chi connectivity index (χ0v) is 17.9. The molecule has 1 aliphatic rings. The molecule has 2 aromatic heterocycles. The lowest BCUT2D eigenvalue weighted by molar-refractivity contribution is 0.174. The van der Waals surface area contributed by atoms with Crippen LogP contribution in [0.25, 0.3) is 22.3 Å². The number of hydrogen-bond acceptors (Lipinski definition) is 9. The molecule has 0 radical (unpaired) electrons. The number of benzene rings is 2. The number of aromatic nitrogens is 4. The number of aryl methyl sites for hydroxylation is 1. The number of aromatic amines is 1. The predicted molar refractivity (Wildman–Crippen MR) is 116 cm³/mol. The van der Waals surface area contributed by atoms with E-state index in [1.807, 2.05) is 0 Å². The second-order valence-electron chi connectivity index (χ2n) is 7.35. The minimum Gasteiger partial charge on any atom is -0.497 e. The Kier molecular flexibility index (Phi) is 5.21. The van der Waals surface area contributed by atoms with Crippen LogP contribution in [0.4, 0.5) is 0 Å². The van der Waals surface area contributed by atoms with E-state index in [4.69, 9.17) is 23.5 Å². The van der Waals surface area contributed by atoms with Crippen molar-refractivity contribution < 1.29 is 23.5 Å². The maximum Gasteiger partial charge on any atom is 0.328 e. The van der Waals surface area contributed by atoms with Gasteiger partial charge in [0.05, 0.1) is 25.1 Å². The van der Waals surface area contributed by atoms with E-state index in [-0.39, 0.29) is 13.3 Å². The monoisotopic (exact) mass is 452 g/mol. The van der Waals surface area contributed by atoms with E-state index >= 15 is 0 Å². The van der Waals surface area contributed by atoms with Crippen molar-refractivity contribution in [2.75, 3.05) is 21.0 Å². The Morgan fingerprint density at radius 1 is 1.03 bits per heavy atom. The third-order valence-corrected chi connectivity index (χ3v) is 5.33. The summed E-state index contributed by atoms with van der Waals surface area (Å²) in [5.74, 6) is 2.96. The average molecular weight is 452 g/mol. The van der Waals surface area contributed by atoms with E-state index in [2.05, 4.69) is 15.1 Å². The zero-order valence-electron chi connectivity index (χ0n) is 17.9. The van der Waals surface area contributed by atoms with Gasteiger partial charge in [-0.25, -0.2) is 4.79 Å². The van der Waals surface area contributed by atoms with Crippen LogP contribution >= 0.6 is 0 Å². The van der Waals surface area contributed by atoms with Crippen LogP contribution in [0.15, 0.2) is 44.4 Å². The first-order valence-corrected chi connectivity index (χ1v) is 10.2. The van der Waals surface area contributed by atoms with Crippen LogP contribution in [0, 0.1) is 0 Å². The van der Waals surface area contributed by atoms with Crippen molar-refractivity contribution in [2.24, 2.45) is 0 Å². The zero-order chi connectivity index (χ0) is 22.9. The summed E-state index contributed by atoms with van der Waals surface area (Å²) in [4.78, 5) is 32.5. The lowest BCUT2D eigenvalue weighted by atomic mass is 10.2. The third-order valence-electron chi connectivity index (χ3n) is 5.33. The number of ether oxygens (including phenoxy) is 4. The van der Waals surface area contributed by atoms with Gasteiger partial charge in [0.2, 0.25) is 18.5 Å². The molecule has 0 atom stereocenters. The topological polar surface area (TPSA) is 131 Å². The summed E-state index contributed by atoms with van der Waals surface area (Å²) in [5.41, 5.74) is 0.186. The van der Waals surface area contributed by atoms with Gasteiger partial charge < -0.3 is 28.5 Å². The van der Waals surface area contributed by atoms with Crippen LogP contribution in [0.2, 0.25) is 0 Å². The molecule has 0 aliphatic carbocycles. The molecule has 3 heterocycles. The van der Waals surface area contributed by atoms with Crippen molar-refractivity contribution in [2.45, 2.75) is 19.4 Å². The lowest BCUT2D eigenvalue weighted by Gasteiger charge is -2.06. The molecule has 11 nitrogen and oxygen atoms in total. The second-order valence-corrected chi connectivity index (χ2v) is 7.35. The Balaban J connectivity index is 1.33. The van der Waals surface area contributed by atoms with Crippen LogP contribution in [0.1, 0.15) is 12.3 Å². The highest BCUT2D eigenvalue weighted by Gasteiger charge is 2.18. The smallest absolute Gasteiger partial charge is 0.328 e. The van der Waals surface area contributed by atoms with Gasteiger partial charge in [-0.3, -0.25) is 9.36 Å². The van der Waals surface area contributed by atoms with Crippen LogP contribution in [0.3, 0.4) is 0 Å². The highest BCUT2D eigenvalue weighted by molar-refractivity contribution is 5.81. The molecule has 0 fully saturated rings. The van der Waals surface area contributed by atoms with Crippen LogP contribution in [0.5, 0.6) is 23.0 Å². The number of rotatable bonds is 7.